The minimum Gasteiger partial charge on any atom is -0.373 e. The summed E-state index contributed by atoms with van der Waals surface area (Å²) in [5.41, 5.74) is 7.53. The molecule has 1 aliphatic carbocycles. The van der Waals surface area contributed by atoms with Crippen molar-refractivity contribution in [3.8, 4) is 0 Å². The largest absolute Gasteiger partial charge is 0.373 e. The van der Waals surface area contributed by atoms with Gasteiger partial charge in [0.25, 0.3) is 0 Å². The highest BCUT2D eigenvalue weighted by Crippen LogP contribution is 2.36. The molecule has 2 amide bonds. The van der Waals surface area contributed by atoms with Gasteiger partial charge in [-0.25, -0.2) is 4.79 Å². The molecule has 4 rings (SSSR count). The molecule has 3 N–H and O–H groups in total. The molecule has 1 saturated carbocycles. The molecule has 1 aromatic carbocycles. The molecule has 0 bridgehead atoms. The van der Waals surface area contributed by atoms with Crippen LogP contribution in [0.1, 0.15) is 37.7 Å². The number of hydrazine groups is 1. The second kappa shape index (κ2) is 7.55. The quantitative estimate of drug-likeness (QED) is 0.773. The number of fused-ring (bicyclic) bond motifs is 1. The molecule has 3 fully saturated rings. The Morgan fingerprint density at radius 3 is 2.73 bits per heavy atom. The standard InChI is InChI=1S/C20H30N4O2/c1-26-20(16-5-3-2-4-6-16)9-11-24(12-10-20)19(25)22-17-7-8-18-15(13-17)14-21-23-18/h2-6,15,17-18,21,23H,7-14H2,1H3,(H,22,25). The fourth-order valence-corrected chi connectivity index (χ4v) is 4.82. The number of hydrogen-bond acceptors (Lipinski definition) is 4. The molecule has 0 aromatic heterocycles. The van der Waals surface area contributed by atoms with E-state index in [4.69, 9.17) is 4.74 Å². The third kappa shape index (κ3) is 3.46. The number of carbonyl (C=O) groups excluding carboxylic acids is 1. The maximum Gasteiger partial charge on any atom is 0.317 e. The van der Waals surface area contributed by atoms with Gasteiger partial charge in [-0.15, -0.1) is 0 Å². The molecule has 0 spiro atoms. The maximum absolute atomic E-state index is 12.7. The molecule has 3 atom stereocenters. The van der Waals surface area contributed by atoms with Crippen molar-refractivity contribution in [3.05, 3.63) is 35.9 Å². The van der Waals surface area contributed by atoms with E-state index in [2.05, 4.69) is 40.4 Å². The summed E-state index contributed by atoms with van der Waals surface area (Å²) < 4.78 is 5.92. The van der Waals surface area contributed by atoms with Crippen LogP contribution in [0.15, 0.2) is 30.3 Å². The number of nitrogens with zero attached hydrogens (tertiary/aromatic N) is 1. The van der Waals surface area contributed by atoms with Crippen LogP contribution in [0, 0.1) is 5.92 Å². The van der Waals surface area contributed by atoms with Gasteiger partial charge in [0, 0.05) is 38.8 Å². The maximum atomic E-state index is 12.7. The van der Waals surface area contributed by atoms with Crippen molar-refractivity contribution in [1.29, 1.82) is 0 Å². The lowest BCUT2D eigenvalue weighted by Crippen LogP contribution is -2.52. The van der Waals surface area contributed by atoms with Crippen LogP contribution in [-0.4, -0.2) is 49.8 Å². The number of hydrogen-bond donors (Lipinski definition) is 3. The van der Waals surface area contributed by atoms with Crippen LogP contribution >= 0.6 is 0 Å². The first kappa shape index (κ1) is 17.8. The van der Waals surface area contributed by atoms with Gasteiger partial charge in [-0.3, -0.25) is 10.9 Å². The molecule has 2 aliphatic heterocycles. The lowest BCUT2D eigenvalue weighted by molar-refractivity contribution is -0.0557. The minimum absolute atomic E-state index is 0.0881. The number of carbonyl (C=O) groups is 1. The van der Waals surface area contributed by atoms with Gasteiger partial charge >= 0.3 is 6.03 Å². The van der Waals surface area contributed by atoms with Crippen LogP contribution in [0.5, 0.6) is 0 Å². The third-order valence-corrected chi connectivity index (χ3v) is 6.51. The summed E-state index contributed by atoms with van der Waals surface area (Å²) in [4.78, 5) is 14.7. The minimum atomic E-state index is -0.267. The van der Waals surface area contributed by atoms with Crippen molar-refractivity contribution >= 4 is 6.03 Å². The van der Waals surface area contributed by atoms with Crippen LogP contribution in [0.4, 0.5) is 4.79 Å². The topological polar surface area (TPSA) is 65.6 Å². The van der Waals surface area contributed by atoms with Gasteiger partial charge in [-0.2, -0.15) is 0 Å². The Labute approximate surface area is 155 Å². The first-order valence-electron chi connectivity index (χ1n) is 9.85. The molecule has 6 heteroatoms. The van der Waals surface area contributed by atoms with Gasteiger partial charge in [0.1, 0.15) is 0 Å². The molecule has 26 heavy (non-hydrogen) atoms. The van der Waals surface area contributed by atoms with Crippen molar-refractivity contribution in [2.24, 2.45) is 5.92 Å². The van der Waals surface area contributed by atoms with Crippen LogP contribution in [0.3, 0.4) is 0 Å². The molecule has 2 heterocycles. The zero-order valence-electron chi connectivity index (χ0n) is 15.5. The summed E-state index contributed by atoms with van der Waals surface area (Å²) in [6.07, 6.45) is 4.93. The number of benzene rings is 1. The zero-order valence-corrected chi connectivity index (χ0v) is 15.5. The summed E-state index contributed by atoms with van der Waals surface area (Å²) in [6.45, 7) is 2.47. The number of urea groups is 1. The van der Waals surface area contributed by atoms with Crippen molar-refractivity contribution in [2.75, 3.05) is 26.7 Å². The molecule has 3 aliphatic rings. The van der Waals surface area contributed by atoms with Crippen molar-refractivity contribution < 1.29 is 9.53 Å². The Balaban J connectivity index is 1.32. The van der Waals surface area contributed by atoms with E-state index in [1.165, 1.54) is 5.56 Å². The average molecular weight is 358 g/mol. The smallest absolute Gasteiger partial charge is 0.317 e. The first-order chi connectivity index (χ1) is 12.7. The fraction of sp³-hybridized carbons (Fsp3) is 0.650. The number of amides is 2. The van der Waals surface area contributed by atoms with E-state index in [1.807, 2.05) is 11.0 Å². The second-order valence-corrected chi connectivity index (χ2v) is 7.90. The molecule has 0 radical (unpaired) electrons. The first-order valence-corrected chi connectivity index (χ1v) is 9.85. The van der Waals surface area contributed by atoms with E-state index in [-0.39, 0.29) is 11.6 Å². The number of rotatable bonds is 3. The fourth-order valence-electron chi connectivity index (χ4n) is 4.82. The van der Waals surface area contributed by atoms with Crippen molar-refractivity contribution in [3.63, 3.8) is 0 Å². The van der Waals surface area contributed by atoms with Crippen LogP contribution in [-0.2, 0) is 10.3 Å². The van der Waals surface area contributed by atoms with Gasteiger partial charge < -0.3 is 15.0 Å². The lowest BCUT2D eigenvalue weighted by atomic mass is 9.83. The summed E-state index contributed by atoms with van der Waals surface area (Å²) >= 11 is 0. The van der Waals surface area contributed by atoms with Gasteiger partial charge in [0.05, 0.1) is 5.60 Å². The van der Waals surface area contributed by atoms with Crippen LogP contribution in [0.25, 0.3) is 0 Å². The van der Waals surface area contributed by atoms with E-state index in [9.17, 15) is 4.79 Å². The summed E-state index contributed by atoms with van der Waals surface area (Å²) in [5.74, 6) is 0.634. The van der Waals surface area contributed by atoms with Gasteiger partial charge in [0.15, 0.2) is 0 Å². The summed E-state index contributed by atoms with van der Waals surface area (Å²) in [5, 5.41) is 3.28. The predicted molar refractivity (Wildman–Crippen MR) is 101 cm³/mol. The number of methoxy groups -OCH3 is 1. The number of likely N-dealkylation sites (tertiary alicyclic amines) is 1. The normalized spacial score (nSPS) is 30.7. The molecular formula is C20H30N4O2. The Bertz CT molecular complexity index is 615. The van der Waals surface area contributed by atoms with E-state index in [0.717, 1.165) is 51.7 Å². The second-order valence-electron chi connectivity index (χ2n) is 7.90. The Kier molecular flexibility index (Phi) is 5.16. The molecule has 142 valence electrons. The SMILES string of the molecule is COC1(c2ccccc2)CCN(C(=O)NC2CCC3NNCC3C2)CC1. The third-order valence-electron chi connectivity index (χ3n) is 6.51. The predicted octanol–water partition coefficient (Wildman–Crippen LogP) is 1.98. The van der Waals surface area contributed by atoms with E-state index in [0.29, 0.717) is 18.0 Å². The molecule has 6 nitrogen and oxygen atoms in total. The molecular weight excluding hydrogens is 328 g/mol. The highest BCUT2D eigenvalue weighted by atomic mass is 16.5. The van der Waals surface area contributed by atoms with E-state index < -0.39 is 0 Å². The Hall–Kier alpha value is -1.63. The van der Waals surface area contributed by atoms with E-state index >= 15 is 0 Å². The number of ether oxygens (including phenoxy) is 1. The van der Waals surface area contributed by atoms with Gasteiger partial charge in [-0.1, -0.05) is 30.3 Å². The lowest BCUT2D eigenvalue weighted by Gasteiger charge is -2.42. The highest BCUT2D eigenvalue weighted by Gasteiger charge is 2.39. The summed E-state index contributed by atoms with van der Waals surface area (Å²) in [6, 6.07) is 11.4. The Morgan fingerprint density at radius 2 is 2.00 bits per heavy atom. The van der Waals surface area contributed by atoms with Crippen LogP contribution < -0.4 is 16.2 Å². The van der Waals surface area contributed by atoms with Crippen molar-refractivity contribution in [1.82, 2.24) is 21.1 Å². The van der Waals surface area contributed by atoms with Gasteiger partial charge in [0.2, 0.25) is 0 Å². The number of piperidine rings is 1. The van der Waals surface area contributed by atoms with Crippen LogP contribution in [0.2, 0.25) is 0 Å². The van der Waals surface area contributed by atoms with Crippen molar-refractivity contribution in [2.45, 2.75) is 49.8 Å². The molecule has 3 unspecified atom stereocenters. The highest BCUT2D eigenvalue weighted by molar-refractivity contribution is 5.74. The molecule has 1 aromatic rings. The zero-order chi connectivity index (χ0) is 18.0. The molecule has 2 saturated heterocycles. The van der Waals surface area contributed by atoms with Gasteiger partial charge in [-0.05, 0) is 43.6 Å². The average Bonchev–Trinajstić information content (AvgIpc) is 3.16. The van der Waals surface area contributed by atoms with E-state index in [1.54, 1.807) is 7.11 Å². The monoisotopic (exact) mass is 358 g/mol. The Morgan fingerprint density at radius 1 is 1.23 bits per heavy atom. The summed E-state index contributed by atoms with van der Waals surface area (Å²) in [7, 11) is 1.78. The number of nitrogens with one attached hydrogen (secondary N) is 3.